The fraction of sp³-hybridized carbons (Fsp3) is 0.333. The van der Waals surface area contributed by atoms with Crippen molar-refractivity contribution >= 4 is 55.1 Å². The molecule has 1 aliphatic carbocycles. The van der Waals surface area contributed by atoms with Crippen molar-refractivity contribution in [1.82, 2.24) is 10.2 Å². The van der Waals surface area contributed by atoms with Crippen LogP contribution in [-0.2, 0) is 32.6 Å². The van der Waals surface area contributed by atoms with Gasteiger partial charge in [0.1, 0.15) is 12.6 Å². The Labute approximate surface area is 249 Å². The van der Waals surface area contributed by atoms with Gasteiger partial charge in [-0.25, -0.2) is 8.42 Å². The van der Waals surface area contributed by atoms with Crippen molar-refractivity contribution in [2.75, 3.05) is 17.1 Å². The Kier molecular flexibility index (Phi) is 10.3. The Morgan fingerprint density at radius 3 is 2.20 bits per heavy atom. The second-order valence-corrected chi connectivity index (χ2v) is 13.3. The van der Waals surface area contributed by atoms with Crippen molar-refractivity contribution in [3.63, 3.8) is 0 Å². The van der Waals surface area contributed by atoms with Crippen LogP contribution in [0.5, 0.6) is 0 Å². The molecule has 1 aliphatic rings. The molecule has 1 atom stereocenters. The summed E-state index contributed by atoms with van der Waals surface area (Å²) in [6, 6.07) is 22.7. The van der Waals surface area contributed by atoms with E-state index in [2.05, 4.69) is 21.2 Å². The van der Waals surface area contributed by atoms with Gasteiger partial charge in [0.15, 0.2) is 0 Å². The van der Waals surface area contributed by atoms with Crippen LogP contribution in [0.1, 0.15) is 36.8 Å². The van der Waals surface area contributed by atoms with E-state index in [0.717, 1.165) is 51.8 Å². The number of nitrogens with zero attached hydrogens (tertiary/aromatic N) is 2. The number of rotatable bonds is 11. The highest BCUT2D eigenvalue weighted by atomic mass is 79.9. The number of carbonyl (C=O) groups is 2. The maximum absolute atomic E-state index is 14.1. The molecule has 212 valence electrons. The maximum atomic E-state index is 14.1. The third kappa shape index (κ3) is 8.08. The lowest BCUT2D eigenvalue weighted by atomic mass is 10.0. The van der Waals surface area contributed by atoms with E-state index in [1.807, 2.05) is 54.6 Å². The van der Waals surface area contributed by atoms with Crippen LogP contribution >= 0.6 is 27.5 Å². The van der Waals surface area contributed by atoms with Crippen molar-refractivity contribution in [3.8, 4) is 0 Å². The van der Waals surface area contributed by atoms with Gasteiger partial charge in [-0.05, 0) is 48.2 Å². The molecule has 2 amide bonds. The number of para-hydroxylation sites is 1. The molecule has 0 unspecified atom stereocenters. The van der Waals surface area contributed by atoms with Gasteiger partial charge in [0.2, 0.25) is 21.8 Å². The van der Waals surface area contributed by atoms with Crippen LogP contribution in [0, 0.1) is 0 Å². The van der Waals surface area contributed by atoms with Crippen molar-refractivity contribution < 1.29 is 18.0 Å². The molecular weight excluding hydrogens is 614 g/mol. The monoisotopic (exact) mass is 645 g/mol. The number of benzene rings is 3. The van der Waals surface area contributed by atoms with E-state index in [-0.39, 0.29) is 35.6 Å². The standard InChI is InChI=1S/C30H33BrClN3O4S/c1-40(38,39)35(27-14-8-7-13-26(27)32)21-29(36)34(20-23-15-17-24(31)18-16-23)28(19-22-9-3-2-4-10-22)30(37)33-25-11-5-6-12-25/h2-4,7-10,13-18,25,28H,5-6,11-12,19-21H2,1H3,(H,33,37)/t28-/m1/s1. The van der Waals surface area contributed by atoms with E-state index >= 15 is 0 Å². The largest absolute Gasteiger partial charge is 0.352 e. The molecule has 4 rings (SSSR count). The molecule has 0 heterocycles. The number of amides is 2. The van der Waals surface area contributed by atoms with Gasteiger partial charge < -0.3 is 10.2 Å². The number of carbonyl (C=O) groups excluding carboxylic acids is 2. The van der Waals surface area contributed by atoms with Gasteiger partial charge in [0, 0.05) is 23.5 Å². The average molecular weight is 647 g/mol. The second-order valence-electron chi connectivity index (χ2n) is 10.1. The van der Waals surface area contributed by atoms with Crippen LogP contribution in [0.25, 0.3) is 0 Å². The first-order valence-corrected chi connectivity index (χ1v) is 16.2. The maximum Gasteiger partial charge on any atom is 0.244 e. The third-order valence-corrected chi connectivity index (χ3v) is 9.01. The molecule has 1 fully saturated rings. The Bertz CT molecular complexity index is 1410. The summed E-state index contributed by atoms with van der Waals surface area (Å²) in [5.41, 5.74) is 1.92. The predicted molar refractivity (Wildman–Crippen MR) is 163 cm³/mol. The molecule has 0 aliphatic heterocycles. The van der Waals surface area contributed by atoms with E-state index in [4.69, 9.17) is 11.6 Å². The van der Waals surface area contributed by atoms with E-state index in [0.29, 0.717) is 0 Å². The van der Waals surface area contributed by atoms with Crippen LogP contribution in [0.15, 0.2) is 83.3 Å². The van der Waals surface area contributed by atoms with Crippen LogP contribution < -0.4 is 9.62 Å². The lowest BCUT2D eigenvalue weighted by molar-refractivity contribution is -0.140. The van der Waals surface area contributed by atoms with E-state index in [9.17, 15) is 18.0 Å². The highest BCUT2D eigenvalue weighted by Crippen LogP contribution is 2.28. The molecule has 1 saturated carbocycles. The zero-order valence-corrected chi connectivity index (χ0v) is 25.5. The smallest absolute Gasteiger partial charge is 0.244 e. The topological polar surface area (TPSA) is 86.8 Å². The van der Waals surface area contributed by atoms with Gasteiger partial charge in [-0.15, -0.1) is 0 Å². The van der Waals surface area contributed by atoms with Gasteiger partial charge in [-0.2, -0.15) is 0 Å². The molecule has 0 bridgehead atoms. The minimum Gasteiger partial charge on any atom is -0.352 e. The minimum atomic E-state index is -3.88. The number of sulfonamides is 1. The van der Waals surface area contributed by atoms with Crippen LogP contribution in [0.3, 0.4) is 0 Å². The summed E-state index contributed by atoms with van der Waals surface area (Å²) in [4.78, 5) is 29.4. The first-order chi connectivity index (χ1) is 19.1. The summed E-state index contributed by atoms with van der Waals surface area (Å²) < 4.78 is 27.6. The molecule has 40 heavy (non-hydrogen) atoms. The van der Waals surface area contributed by atoms with Crippen LogP contribution in [0.2, 0.25) is 5.02 Å². The molecule has 7 nitrogen and oxygen atoms in total. The predicted octanol–water partition coefficient (Wildman–Crippen LogP) is 5.57. The first kappa shape index (κ1) is 30.1. The number of halogens is 2. The zero-order valence-electron chi connectivity index (χ0n) is 22.3. The van der Waals surface area contributed by atoms with E-state index in [1.54, 1.807) is 24.3 Å². The lowest BCUT2D eigenvalue weighted by Gasteiger charge is -2.34. The molecule has 0 spiro atoms. The number of nitrogens with one attached hydrogen (secondary N) is 1. The van der Waals surface area contributed by atoms with Crippen molar-refractivity contribution in [3.05, 3.63) is 99.5 Å². The summed E-state index contributed by atoms with van der Waals surface area (Å²) in [7, 11) is -3.88. The summed E-state index contributed by atoms with van der Waals surface area (Å²) >= 11 is 9.79. The number of hydrogen-bond acceptors (Lipinski definition) is 4. The second kappa shape index (κ2) is 13.7. The van der Waals surface area contributed by atoms with Crippen LogP contribution in [-0.4, -0.2) is 50.0 Å². The molecule has 0 radical (unpaired) electrons. The van der Waals surface area contributed by atoms with Gasteiger partial charge in [-0.3, -0.25) is 13.9 Å². The Hall–Kier alpha value is -2.88. The van der Waals surface area contributed by atoms with E-state index < -0.39 is 28.5 Å². The quantitative estimate of drug-likeness (QED) is 0.295. The molecule has 10 heteroatoms. The van der Waals surface area contributed by atoms with Crippen molar-refractivity contribution in [1.29, 1.82) is 0 Å². The SMILES string of the molecule is CS(=O)(=O)N(CC(=O)N(Cc1ccc(Br)cc1)[C@H](Cc1ccccc1)C(=O)NC1CCCC1)c1ccccc1Cl. The van der Waals surface area contributed by atoms with Gasteiger partial charge in [0.05, 0.1) is 17.0 Å². The summed E-state index contributed by atoms with van der Waals surface area (Å²) in [5.74, 6) is -0.749. The number of hydrogen-bond donors (Lipinski definition) is 1. The highest BCUT2D eigenvalue weighted by Gasteiger charge is 2.34. The molecule has 3 aromatic carbocycles. The summed E-state index contributed by atoms with van der Waals surface area (Å²) in [5, 5.41) is 3.37. The first-order valence-electron chi connectivity index (χ1n) is 13.2. The summed E-state index contributed by atoms with van der Waals surface area (Å²) in [6.45, 7) is -0.372. The van der Waals surface area contributed by atoms with Crippen molar-refractivity contribution in [2.24, 2.45) is 0 Å². The Balaban J connectivity index is 1.72. The summed E-state index contributed by atoms with van der Waals surface area (Å²) in [6.07, 6.45) is 5.23. The highest BCUT2D eigenvalue weighted by molar-refractivity contribution is 9.10. The average Bonchev–Trinajstić information content (AvgIpc) is 3.43. The minimum absolute atomic E-state index is 0.0612. The fourth-order valence-corrected chi connectivity index (χ4v) is 6.37. The zero-order chi connectivity index (χ0) is 28.7. The Morgan fingerprint density at radius 2 is 1.57 bits per heavy atom. The lowest BCUT2D eigenvalue weighted by Crippen LogP contribution is -2.54. The van der Waals surface area contributed by atoms with Gasteiger partial charge in [-0.1, -0.05) is 95.0 Å². The van der Waals surface area contributed by atoms with Gasteiger partial charge >= 0.3 is 0 Å². The van der Waals surface area contributed by atoms with Gasteiger partial charge in [0.25, 0.3) is 0 Å². The third-order valence-electron chi connectivity index (χ3n) is 7.04. The number of anilines is 1. The van der Waals surface area contributed by atoms with Crippen molar-refractivity contribution in [2.45, 2.75) is 50.7 Å². The molecule has 1 N–H and O–H groups in total. The molecule has 0 aromatic heterocycles. The molecular formula is C30H33BrClN3O4S. The molecule has 3 aromatic rings. The van der Waals surface area contributed by atoms with E-state index in [1.165, 1.54) is 4.90 Å². The normalized spacial score (nSPS) is 14.5. The Morgan fingerprint density at radius 1 is 0.950 bits per heavy atom. The molecule has 0 saturated heterocycles. The fourth-order valence-electron chi connectivity index (χ4n) is 4.96. The van der Waals surface area contributed by atoms with Crippen LogP contribution in [0.4, 0.5) is 5.69 Å².